The average Bonchev–Trinajstić information content (AvgIpc) is 2.94. The summed E-state index contributed by atoms with van der Waals surface area (Å²) in [6, 6.07) is 5.79. The Labute approximate surface area is 139 Å². The zero-order valence-corrected chi connectivity index (χ0v) is 10.7. The second-order valence-corrected chi connectivity index (χ2v) is 4.57. The molecule has 0 aliphatic heterocycles. The van der Waals surface area contributed by atoms with Gasteiger partial charge in [0.2, 0.25) is 0 Å². The van der Waals surface area contributed by atoms with Crippen LogP contribution in [0.15, 0.2) is 36.9 Å². The summed E-state index contributed by atoms with van der Waals surface area (Å²) in [6.45, 7) is 2.55. The van der Waals surface area contributed by atoms with E-state index in [1.807, 2.05) is 35.3 Å². The van der Waals surface area contributed by atoms with Crippen molar-refractivity contribution >= 4 is 47.3 Å². The standard InChI is InChI=1S/C15H14N2O2.Na.H/c1-11-14-8-13(19-10-18)4-2-12(14)3-5-15(11)17-7-6-16-9-17;;/h2,4,6-10H,3,5H2,1H3;;. The van der Waals surface area contributed by atoms with Crippen LogP contribution in [0, 0.1) is 0 Å². The van der Waals surface area contributed by atoms with Gasteiger partial charge >= 0.3 is 29.6 Å². The first-order chi connectivity index (χ1) is 9.29. The van der Waals surface area contributed by atoms with Crippen LogP contribution in [0.3, 0.4) is 0 Å². The predicted octanol–water partition coefficient (Wildman–Crippen LogP) is 2.10. The number of aryl methyl sites for hydroxylation is 1. The van der Waals surface area contributed by atoms with Crippen molar-refractivity contribution in [2.75, 3.05) is 0 Å². The number of ether oxygens (including phenoxy) is 1. The van der Waals surface area contributed by atoms with Crippen LogP contribution in [0.1, 0.15) is 24.5 Å². The third-order valence-corrected chi connectivity index (χ3v) is 3.55. The minimum atomic E-state index is 0. The molecule has 2 aromatic rings. The second kappa shape index (κ2) is 6.39. The number of aromatic nitrogens is 2. The number of fused-ring (bicyclic) bond motifs is 1. The third-order valence-electron chi connectivity index (χ3n) is 3.55. The number of nitrogens with zero attached hydrogens (tertiary/aromatic N) is 2. The molecule has 3 rings (SSSR count). The van der Waals surface area contributed by atoms with Crippen molar-refractivity contribution in [2.24, 2.45) is 0 Å². The molecule has 1 aromatic carbocycles. The number of imidazole rings is 1. The van der Waals surface area contributed by atoms with E-state index in [0.29, 0.717) is 12.2 Å². The normalized spacial score (nSPS) is 13.4. The molecule has 0 amide bonds. The first-order valence-corrected chi connectivity index (χ1v) is 6.21. The van der Waals surface area contributed by atoms with Crippen molar-refractivity contribution < 1.29 is 9.53 Å². The molecule has 5 heteroatoms. The minimum absolute atomic E-state index is 0. The fraction of sp³-hybridized carbons (Fsp3) is 0.200. The van der Waals surface area contributed by atoms with Crippen molar-refractivity contribution in [2.45, 2.75) is 19.8 Å². The molecule has 0 fully saturated rings. The van der Waals surface area contributed by atoms with Gasteiger partial charge in [0.15, 0.2) is 0 Å². The number of allylic oxidation sites excluding steroid dienone is 2. The molecule has 0 radical (unpaired) electrons. The Bertz CT molecular complexity index is 648. The molecule has 1 aliphatic carbocycles. The number of carbonyl (C=O) groups excluding carboxylic acids is 1. The van der Waals surface area contributed by atoms with Crippen LogP contribution >= 0.6 is 0 Å². The quantitative estimate of drug-likeness (QED) is 0.638. The van der Waals surface area contributed by atoms with Gasteiger partial charge < -0.3 is 9.30 Å². The number of benzene rings is 1. The summed E-state index contributed by atoms with van der Waals surface area (Å²) >= 11 is 0. The van der Waals surface area contributed by atoms with E-state index < -0.39 is 0 Å². The zero-order chi connectivity index (χ0) is 13.2. The molecule has 4 nitrogen and oxygen atoms in total. The molecule has 0 bridgehead atoms. The summed E-state index contributed by atoms with van der Waals surface area (Å²) in [5.74, 6) is 0.583. The maximum absolute atomic E-state index is 10.4. The van der Waals surface area contributed by atoms with Crippen molar-refractivity contribution in [1.82, 2.24) is 9.55 Å². The molecule has 0 saturated carbocycles. The molecule has 1 heterocycles. The molecule has 0 N–H and O–H groups in total. The van der Waals surface area contributed by atoms with Gasteiger partial charge in [-0.05, 0) is 48.6 Å². The summed E-state index contributed by atoms with van der Waals surface area (Å²) in [5, 5.41) is 0. The van der Waals surface area contributed by atoms with Crippen molar-refractivity contribution in [3.8, 4) is 5.75 Å². The summed E-state index contributed by atoms with van der Waals surface area (Å²) in [5.41, 5.74) is 4.89. The molecule has 1 aliphatic rings. The van der Waals surface area contributed by atoms with Crippen molar-refractivity contribution in [1.29, 1.82) is 0 Å². The van der Waals surface area contributed by atoms with Crippen LogP contribution in [-0.2, 0) is 11.2 Å². The van der Waals surface area contributed by atoms with Crippen LogP contribution in [0.25, 0.3) is 11.3 Å². The Morgan fingerprint density at radius 3 is 2.90 bits per heavy atom. The summed E-state index contributed by atoms with van der Waals surface area (Å²) in [4.78, 5) is 14.5. The van der Waals surface area contributed by atoms with Gasteiger partial charge in [0.05, 0.1) is 6.33 Å². The average molecular weight is 278 g/mol. The van der Waals surface area contributed by atoms with Gasteiger partial charge in [0, 0.05) is 18.1 Å². The van der Waals surface area contributed by atoms with Gasteiger partial charge in [-0.25, -0.2) is 4.98 Å². The van der Waals surface area contributed by atoms with Crippen LogP contribution in [-0.4, -0.2) is 45.6 Å². The molecule has 0 saturated heterocycles. The van der Waals surface area contributed by atoms with Crippen LogP contribution < -0.4 is 4.74 Å². The molecular weight excluding hydrogens is 263 g/mol. The Hall–Kier alpha value is -1.36. The van der Waals surface area contributed by atoms with Crippen LogP contribution in [0.2, 0.25) is 0 Å². The van der Waals surface area contributed by atoms with Crippen molar-refractivity contribution in [3.05, 3.63) is 48.0 Å². The first kappa shape index (κ1) is 15.0. The number of hydrogen-bond donors (Lipinski definition) is 0. The molecule has 20 heavy (non-hydrogen) atoms. The summed E-state index contributed by atoms with van der Waals surface area (Å²) < 4.78 is 6.97. The zero-order valence-electron chi connectivity index (χ0n) is 10.7. The van der Waals surface area contributed by atoms with E-state index in [9.17, 15) is 4.79 Å². The fourth-order valence-corrected chi connectivity index (χ4v) is 2.59. The number of carbonyl (C=O) groups is 1. The van der Waals surface area contributed by atoms with E-state index in [-0.39, 0.29) is 29.6 Å². The van der Waals surface area contributed by atoms with E-state index in [1.54, 1.807) is 6.20 Å². The SMILES string of the molecule is CC1=C(n2ccnc2)CCc2ccc(OC=O)cc21.[NaH]. The van der Waals surface area contributed by atoms with Gasteiger partial charge in [-0.2, -0.15) is 0 Å². The van der Waals surface area contributed by atoms with Crippen LogP contribution in [0.4, 0.5) is 0 Å². The van der Waals surface area contributed by atoms with Gasteiger partial charge in [0.25, 0.3) is 6.47 Å². The molecule has 1 aromatic heterocycles. The Balaban J connectivity index is 0.00000147. The van der Waals surface area contributed by atoms with Gasteiger partial charge in [0.1, 0.15) is 5.75 Å². The molecule has 0 atom stereocenters. The van der Waals surface area contributed by atoms with E-state index in [1.165, 1.54) is 16.8 Å². The monoisotopic (exact) mass is 278 g/mol. The van der Waals surface area contributed by atoms with Gasteiger partial charge in [-0.3, -0.25) is 4.79 Å². The maximum atomic E-state index is 10.4. The number of rotatable bonds is 3. The molecule has 0 spiro atoms. The Kier molecular flexibility index (Phi) is 4.81. The third kappa shape index (κ3) is 2.73. The van der Waals surface area contributed by atoms with Crippen molar-refractivity contribution in [3.63, 3.8) is 0 Å². The summed E-state index contributed by atoms with van der Waals surface area (Å²) in [7, 11) is 0. The van der Waals surface area contributed by atoms with E-state index >= 15 is 0 Å². The van der Waals surface area contributed by atoms with E-state index in [0.717, 1.165) is 18.4 Å². The molecular formula is C15H15N2NaO2. The van der Waals surface area contributed by atoms with Gasteiger partial charge in [-0.1, -0.05) is 6.07 Å². The fourth-order valence-electron chi connectivity index (χ4n) is 2.59. The van der Waals surface area contributed by atoms with Crippen LogP contribution in [0.5, 0.6) is 5.75 Å². The number of hydrogen-bond acceptors (Lipinski definition) is 3. The predicted molar refractivity (Wildman–Crippen MR) is 79.6 cm³/mol. The topological polar surface area (TPSA) is 44.1 Å². The second-order valence-electron chi connectivity index (χ2n) is 4.57. The molecule has 0 unspecified atom stereocenters. The molecule has 98 valence electrons. The Morgan fingerprint density at radius 1 is 1.35 bits per heavy atom. The first-order valence-electron chi connectivity index (χ1n) is 6.21. The van der Waals surface area contributed by atoms with E-state index in [2.05, 4.69) is 11.9 Å². The Morgan fingerprint density at radius 2 is 2.20 bits per heavy atom. The summed E-state index contributed by atoms with van der Waals surface area (Å²) in [6.07, 6.45) is 7.53. The van der Waals surface area contributed by atoms with E-state index in [4.69, 9.17) is 4.74 Å². The van der Waals surface area contributed by atoms with Gasteiger partial charge in [-0.15, -0.1) is 0 Å².